The molecule has 1 aromatic heterocycles. The van der Waals surface area contributed by atoms with Crippen LogP contribution in [0.3, 0.4) is 0 Å². The first-order valence-electron chi connectivity index (χ1n) is 5.51. The average Bonchev–Trinajstić information content (AvgIpc) is 2.59. The Morgan fingerprint density at radius 3 is 2.81 bits per heavy atom. The molecular weight excluding hydrogens is 240 g/mol. The standard InChI is InChI=1S/C11H18N2OS2/c1-4-9-8(3)16-11(12-9)13-10(14)6-7-15-5-2/h4-7H2,1-3H3,(H,12,13,14). The molecular formula is C11H18N2OS2. The Kier molecular flexibility index (Phi) is 5.84. The van der Waals surface area contributed by atoms with Gasteiger partial charge < -0.3 is 5.32 Å². The van der Waals surface area contributed by atoms with Crippen LogP contribution in [0.5, 0.6) is 0 Å². The van der Waals surface area contributed by atoms with Gasteiger partial charge in [-0.25, -0.2) is 4.98 Å². The van der Waals surface area contributed by atoms with Crippen molar-refractivity contribution in [1.29, 1.82) is 0 Å². The van der Waals surface area contributed by atoms with Crippen LogP contribution in [0.4, 0.5) is 5.13 Å². The molecule has 90 valence electrons. The summed E-state index contributed by atoms with van der Waals surface area (Å²) in [6.45, 7) is 6.21. The summed E-state index contributed by atoms with van der Waals surface area (Å²) in [7, 11) is 0. The van der Waals surface area contributed by atoms with E-state index in [9.17, 15) is 4.79 Å². The molecule has 0 atom stereocenters. The van der Waals surface area contributed by atoms with Crippen LogP contribution >= 0.6 is 23.1 Å². The van der Waals surface area contributed by atoms with Crippen LogP contribution in [0, 0.1) is 6.92 Å². The Hall–Kier alpha value is -0.550. The van der Waals surface area contributed by atoms with Crippen LogP contribution in [0.2, 0.25) is 0 Å². The number of amides is 1. The zero-order valence-electron chi connectivity index (χ0n) is 10.0. The predicted octanol–water partition coefficient (Wildman–Crippen LogP) is 3.10. The Morgan fingerprint density at radius 2 is 2.25 bits per heavy atom. The maximum atomic E-state index is 11.5. The molecule has 0 aliphatic heterocycles. The lowest BCUT2D eigenvalue weighted by Crippen LogP contribution is -2.12. The summed E-state index contributed by atoms with van der Waals surface area (Å²) in [5.41, 5.74) is 1.09. The number of carbonyl (C=O) groups excluding carboxylic acids is 1. The molecule has 1 amide bonds. The number of hydrogen-bond acceptors (Lipinski definition) is 4. The van der Waals surface area contributed by atoms with Crippen LogP contribution in [0.25, 0.3) is 0 Å². The number of thiazole rings is 1. The van der Waals surface area contributed by atoms with Crippen molar-refractivity contribution >= 4 is 34.1 Å². The molecule has 0 bridgehead atoms. The Balaban J connectivity index is 2.43. The second-order valence-corrected chi connectivity index (χ2v) is 5.97. The molecule has 0 spiro atoms. The molecule has 0 aliphatic carbocycles. The lowest BCUT2D eigenvalue weighted by Gasteiger charge is -2.00. The summed E-state index contributed by atoms with van der Waals surface area (Å²) < 4.78 is 0. The SMILES string of the molecule is CCSCCC(=O)Nc1nc(CC)c(C)s1. The number of aryl methyl sites for hydroxylation is 2. The van der Waals surface area contributed by atoms with Crippen molar-refractivity contribution in [2.75, 3.05) is 16.8 Å². The van der Waals surface area contributed by atoms with E-state index in [0.717, 1.165) is 28.8 Å². The van der Waals surface area contributed by atoms with Gasteiger partial charge in [-0.15, -0.1) is 11.3 Å². The summed E-state index contributed by atoms with van der Waals surface area (Å²) in [5, 5.41) is 3.59. The van der Waals surface area contributed by atoms with Crippen molar-refractivity contribution in [2.24, 2.45) is 0 Å². The number of hydrogen-bond donors (Lipinski definition) is 1. The maximum absolute atomic E-state index is 11.5. The highest BCUT2D eigenvalue weighted by Gasteiger charge is 2.08. The molecule has 1 N–H and O–H groups in total. The molecule has 0 saturated carbocycles. The second kappa shape index (κ2) is 6.91. The smallest absolute Gasteiger partial charge is 0.226 e. The third-order valence-electron chi connectivity index (χ3n) is 2.15. The third-order valence-corrected chi connectivity index (χ3v) is 3.98. The zero-order chi connectivity index (χ0) is 12.0. The molecule has 5 heteroatoms. The summed E-state index contributed by atoms with van der Waals surface area (Å²) >= 11 is 3.34. The Bertz CT molecular complexity index is 350. The monoisotopic (exact) mass is 258 g/mol. The summed E-state index contributed by atoms with van der Waals surface area (Å²) in [6, 6.07) is 0. The van der Waals surface area contributed by atoms with E-state index in [0.29, 0.717) is 6.42 Å². The van der Waals surface area contributed by atoms with Crippen molar-refractivity contribution < 1.29 is 4.79 Å². The van der Waals surface area contributed by atoms with Crippen LogP contribution < -0.4 is 5.32 Å². The number of carbonyl (C=O) groups is 1. The van der Waals surface area contributed by atoms with Crippen molar-refractivity contribution in [2.45, 2.75) is 33.6 Å². The highest BCUT2D eigenvalue weighted by molar-refractivity contribution is 7.99. The van der Waals surface area contributed by atoms with Gasteiger partial charge in [-0.3, -0.25) is 4.79 Å². The average molecular weight is 258 g/mol. The molecule has 0 aromatic carbocycles. The fourth-order valence-electron chi connectivity index (χ4n) is 1.30. The lowest BCUT2D eigenvalue weighted by atomic mass is 10.3. The van der Waals surface area contributed by atoms with E-state index in [1.165, 1.54) is 4.88 Å². The fourth-order valence-corrected chi connectivity index (χ4v) is 2.84. The van der Waals surface area contributed by atoms with Gasteiger partial charge in [-0.1, -0.05) is 13.8 Å². The van der Waals surface area contributed by atoms with E-state index >= 15 is 0 Å². The normalized spacial score (nSPS) is 10.4. The van der Waals surface area contributed by atoms with Gasteiger partial charge in [-0.05, 0) is 19.1 Å². The van der Waals surface area contributed by atoms with E-state index < -0.39 is 0 Å². The number of anilines is 1. The van der Waals surface area contributed by atoms with E-state index in [2.05, 4.69) is 24.1 Å². The molecule has 1 heterocycles. The summed E-state index contributed by atoms with van der Waals surface area (Å²) in [5.74, 6) is 2.01. The topological polar surface area (TPSA) is 42.0 Å². The minimum absolute atomic E-state index is 0.0670. The number of nitrogens with zero attached hydrogens (tertiary/aromatic N) is 1. The molecule has 1 aromatic rings. The Labute approximate surface area is 105 Å². The number of rotatable bonds is 6. The first kappa shape index (κ1) is 13.5. The van der Waals surface area contributed by atoms with Crippen molar-refractivity contribution in [3.05, 3.63) is 10.6 Å². The molecule has 1 rings (SSSR count). The summed E-state index contributed by atoms with van der Waals surface area (Å²) in [4.78, 5) is 17.1. The molecule has 0 radical (unpaired) electrons. The van der Waals surface area contributed by atoms with Gasteiger partial charge >= 0.3 is 0 Å². The van der Waals surface area contributed by atoms with Crippen LogP contribution in [-0.2, 0) is 11.2 Å². The third kappa shape index (κ3) is 4.14. The second-order valence-electron chi connectivity index (χ2n) is 3.37. The van der Waals surface area contributed by atoms with Crippen LogP contribution in [-0.4, -0.2) is 22.4 Å². The van der Waals surface area contributed by atoms with Crippen molar-refractivity contribution in [3.63, 3.8) is 0 Å². The number of aromatic nitrogens is 1. The fraction of sp³-hybridized carbons (Fsp3) is 0.636. The van der Waals surface area contributed by atoms with E-state index in [1.807, 2.05) is 6.92 Å². The minimum Gasteiger partial charge on any atom is -0.302 e. The highest BCUT2D eigenvalue weighted by Crippen LogP contribution is 2.22. The zero-order valence-corrected chi connectivity index (χ0v) is 11.6. The molecule has 0 fully saturated rings. The van der Waals surface area contributed by atoms with Gasteiger partial charge in [0.15, 0.2) is 5.13 Å². The molecule has 0 saturated heterocycles. The quantitative estimate of drug-likeness (QED) is 0.797. The minimum atomic E-state index is 0.0670. The lowest BCUT2D eigenvalue weighted by molar-refractivity contribution is -0.115. The van der Waals surface area contributed by atoms with Gasteiger partial charge in [0, 0.05) is 17.1 Å². The van der Waals surface area contributed by atoms with Gasteiger partial charge in [0.2, 0.25) is 5.91 Å². The first-order chi connectivity index (χ1) is 7.67. The number of nitrogens with one attached hydrogen (secondary N) is 1. The van der Waals surface area contributed by atoms with E-state index in [-0.39, 0.29) is 5.91 Å². The molecule has 3 nitrogen and oxygen atoms in total. The van der Waals surface area contributed by atoms with Gasteiger partial charge in [0.25, 0.3) is 0 Å². The van der Waals surface area contributed by atoms with E-state index in [1.54, 1.807) is 23.1 Å². The first-order valence-corrected chi connectivity index (χ1v) is 7.48. The summed E-state index contributed by atoms with van der Waals surface area (Å²) in [6.07, 6.45) is 1.49. The predicted molar refractivity (Wildman–Crippen MR) is 72.5 cm³/mol. The molecule has 0 aliphatic rings. The Morgan fingerprint density at radius 1 is 1.50 bits per heavy atom. The van der Waals surface area contributed by atoms with Crippen LogP contribution in [0.1, 0.15) is 30.8 Å². The maximum Gasteiger partial charge on any atom is 0.226 e. The largest absolute Gasteiger partial charge is 0.302 e. The van der Waals surface area contributed by atoms with Crippen molar-refractivity contribution in [3.8, 4) is 0 Å². The van der Waals surface area contributed by atoms with Gasteiger partial charge in [0.1, 0.15) is 0 Å². The van der Waals surface area contributed by atoms with E-state index in [4.69, 9.17) is 0 Å². The molecule has 16 heavy (non-hydrogen) atoms. The van der Waals surface area contributed by atoms with Crippen LogP contribution in [0.15, 0.2) is 0 Å². The van der Waals surface area contributed by atoms with Crippen molar-refractivity contribution in [1.82, 2.24) is 4.98 Å². The van der Waals surface area contributed by atoms with Gasteiger partial charge in [0.05, 0.1) is 5.69 Å². The number of thioether (sulfide) groups is 1. The van der Waals surface area contributed by atoms with Gasteiger partial charge in [-0.2, -0.15) is 11.8 Å². The molecule has 0 unspecified atom stereocenters. The highest BCUT2D eigenvalue weighted by atomic mass is 32.2.